The summed E-state index contributed by atoms with van der Waals surface area (Å²) in [5.41, 5.74) is 1.62. The van der Waals surface area contributed by atoms with Crippen LogP contribution in [0.5, 0.6) is 0 Å². The maximum atomic E-state index is 11.8. The van der Waals surface area contributed by atoms with Crippen LogP contribution in [-0.2, 0) is 16.1 Å². The van der Waals surface area contributed by atoms with E-state index in [0.717, 1.165) is 15.4 Å². The number of amides is 2. The highest BCUT2D eigenvalue weighted by molar-refractivity contribution is 8.00. The van der Waals surface area contributed by atoms with E-state index in [1.165, 1.54) is 18.9 Å². The number of benzene rings is 1. The Morgan fingerprint density at radius 2 is 2.33 bits per heavy atom. The van der Waals surface area contributed by atoms with E-state index >= 15 is 0 Å². The van der Waals surface area contributed by atoms with Crippen LogP contribution in [0.3, 0.4) is 0 Å². The van der Waals surface area contributed by atoms with Crippen molar-refractivity contribution in [1.29, 1.82) is 0 Å². The zero-order valence-electron chi connectivity index (χ0n) is 10.2. The van der Waals surface area contributed by atoms with Gasteiger partial charge in [0.05, 0.1) is 18.6 Å². The Labute approximate surface area is 109 Å². The first-order valence-corrected chi connectivity index (χ1v) is 6.47. The molecule has 1 heterocycles. The standard InChI is InChI=1S/C12H14N2O3S/c1-13-6-8-3-4-10-9(5-8)14(12(16)17-2)11(15)7-18-10/h3-5,13H,6-7H2,1-2H3. The zero-order valence-corrected chi connectivity index (χ0v) is 11.0. The summed E-state index contributed by atoms with van der Waals surface area (Å²) < 4.78 is 4.66. The minimum absolute atomic E-state index is 0.249. The first kappa shape index (κ1) is 12.9. The Kier molecular flexibility index (Phi) is 3.88. The number of imide groups is 1. The molecule has 0 bridgehead atoms. The Morgan fingerprint density at radius 3 is 3.00 bits per heavy atom. The van der Waals surface area contributed by atoms with E-state index in [0.29, 0.717) is 12.2 Å². The average molecular weight is 266 g/mol. The van der Waals surface area contributed by atoms with Gasteiger partial charge in [-0.2, -0.15) is 0 Å². The minimum Gasteiger partial charge on any atom is -0.452 e. The number of rotatable bonds is 2. The van der Waals surface area contributed by atoms with Crippen molar-refractivity contribution in [2.24, 2.45) is 0 Å². The Morgan fingerprint density at radius 1 is 1.56 bits per heavy atom. The van der Waals surface area contributed by atoms with Crippen molar-refractivity contribution in [3.63, 3.8) is 0 Å². The van der Waals surface area contributed by atoms with Gasteiger partial charge in [-0.15, -0.1) is 11.8 Å². The number of carbonyl (C=O) groups is 2. The maximum Gasteiger partial charge on any atom is 0.421 e. The predicted molar refractivity (Wildman–Crippen MR) is 69.8 cm³/mol. The van der Waals surface area contributed by atoms with Crippen molar-refractivity contribution in [2.75, 3.05) is 24.8 Å². The highest BCUT2D eigenvalue weighted by Crippen LogP contribution is 2.36. The summed E-state index contributed by atoms with van der Waals surface area (Å²) in [5, 5.41) is 3.03. The summed E-state index contributed by atoms with van der Waals surface area (Å²) in [6.07, 6.45) is -0.636. The van der Waals surface area contributed by atoms with Crippen molar-refractivity contribution in [2.45, 2.75) is 11.4 Å². The number of methoxy groups -OCH3 is 1. The molecule has 0 fully saturated rings. The first-order chi connectivity index (χ1) is 8.67. The predicted octanol–water partition coefficient (Wildman–Crippen LogP) is 1.61. The Bertz CT molecular complexity index is 490. The summed E-state index contributed by atoms with van der Waals surface area (Å²) in [4.78, 5) is 25.5. The van der Waals surface area contributed by atoms with Crippen LogP contribution in [0.4, 0.5) is 10.5 Å². The maximum absolute atomic E-state index is 11.8. The van der Waals surface area contributed by atoms with Gasteiger partial charge in [-0.05, 0) is 24.7 Å². The quantitative estimate of drug-likeness (QED) is 0.881. The lowest BCUT2D eigenvalue weighted by molar-refractivity contribution is -0.115. The number of anilines is 1. The third-order valence-electron chi connectivity index (χ3n) is 2.60. The van der Waals surface area contributed by atoms with Gasteiger partial charge in [0.15, 0.2) is 0 Å². The van der Waals surface area contributed by atoms with Crippen LogP contribution < -0.4 is 10.2 Å². The third kappa shape index (κ3) is 2.34. The second kappa shape index (κ2) is 5.41. The summed E-state index contributed by atoms with van der Waals surface area (Å²) >= 11 is 1.44. The fraction of sp³-hybridized carbons (Fsp3) is 0.333. The second-order valence-electron chi connectivity index (χ2n) is 3.82. The monoisotopic (exact) mass is 266 g/mol. The lowest BCUT2D eigenvalue weighted by Crippen LogP contribution is -2.40. The van der Waals surface area contributed by atoms with Crippen LogP contribution in [0.1, 0.15) is 5.56 Å². The van der Waals surface area contributed by atoms with Gasteiger partial charge in [0.25, 0.3) is 0 Å². The number of hydrogen-bond donors (Lipinski definition) is 1. The molecular weight excluding hydrogens is 252 g/mol. The molecule has 1 aliphatic heterocycles. The molecule has 2 amide bonds. The van der Waals surface area contributed by atoms with E-state index < -0.39 is 6.09 Å². The van der Waals surface area contributed by atoms with Crippen molar-refractivity contribution in [3.8, 4) is 0 Å². The number of thioether (sulfide) groups is 1. The summed E-state index contributed by atoms with van der Waals surface area (Å²) in [6, 6.07) is 5.75. The number of hydrogen-bond acceptors (Lipinski definition) is 5. The van der Waals surface area contributed by atoms with Crippen LogP contribution in [0.15, 0.2) is 23.1 Å². The van der Waals surface area contributed by atoms with Crippen molar-refractivity contribution in [3.05, 3.63) is 23.8 Å². The van der Waals surface area contributed by atoms with Crippen LogP contribution in [0.2, 0.25) is 0 Å². The molecular formula is C12H14N2O3S. The average Bonchev–Trinajstić information content (AvgIpc) is 2.38. The van der Waals surface area contributed by atoms with Crippen molar-refractivity contribution >= 4 is 29.4 Å². The first-order valence-electron chi connectivity index (χ1n) is 5.48. The second-order valence-corrected chi connectivity index (χ2v) is 4.84. The smallest absolute Gasteiger partial charge is 0.421 e. The fourth-order valence-corrected chi connectivity index (χ4v) is 2.67. The van der Waals surface area contributed by atoms with Gasteiger partial charge in [-0.25, -0.2) is 9.69 Å². The van der Waals surface area contributed by atoms with E-state index in [1.807, 2.05) is 25.2 Å². The molecule has 1 aliphatic rings. The normalized spacial score (nSPS) is 14.3. The molecule has 0 radical (unpaired) electrons. The molecule has 0 atom stereocenters. The van der Waals surface area contributed by atoms with Crippen molar-refractivity contribution in [1.82, 2.24) is 5.32 Å². The number of carbonyl (C=O) groups excluding carboxylic acids is 2. The van der Waals surface area contributed by atoms with Crippen LogP contribution in [0.25, 0.3) is 0 Å². The van der Waals surface area contributed by atoms with E-state index in [-0.39, 0.29) is 11.7 Å². The van der Waals surface area contributed by atoms with Crippen molar-refractivity contribution < 1.29 is 14.3 Å². The minimum atomic E-state index is -0.636. The third-order valence-corrected chi connectivity index (χ3v) is 3.65. The Hall–Kier alpha value is -1.53. The van der Waals surface area contributed by atoms with E-state index in [4.69, 9.17) is 0 Å². The highest BCUT2D eigenvalue weighted by Gasteiger charge is 2.30. The molecule has 0 spiro atoms. The van der Waals surface area contributed by atoms with Gasteiger partial charge in [-0.1, -0.05) is 6.07 Å². The number of ether oxygens (including phenoxy) is 1. The van der Waals surface area contributed by atoms with E-state index in [2.05, 4.69) is 10.1 Å². The summed E-state index contributed by atoms with van der Waals surface area (Å²) in [5.74, 6) is 0.00830. The van der Waals surface area contributed by atoms with Crippen LogP contribution in [0, 0.1) is 0 Å². The molecule has 0 aliphatic carbocycles. The SMILES string of the molecule is CNCc1ccc2c(c1)N(C(=O)OC)C(=O)CS2. The molecule has 0 saturated heterocycles. The van der Waals surface area contributed by atoms with Crippen LogP contribution >= 0.6 is 11.8 Å². The lowest BCUT2D eigenvalue weighted by atomic mass is 10.2. The van der Waals surface area contributed by atoms with Crippen LogP contribution in [-0.4, -0.2) is 31.9 Å². The molecule has 0 aromatic heterocycles. The van der Waals surface area contributed by atoms with Gasteiger partial charge in [0.1, 0.15) is 0 Å². The summed E-state index contributed by atoms with van der Waals surface area (Å²) in [6.45, 7) is 0.682. The topological polar surface area (TPSA) is 58.6 Å². The molecule has 2 rings (SSSR count). The number of nitrogens with zero attached hydrogens (tertiary/aromatic N) is 1. The molecule has 18 heavy (non-hydrogen) atoms. The molecule has 96 valence electrons. The molecule has 1 aromatic rings. The van der Waals surface area contributed by atoms with Gasteiger partial charge < -0.3 is 10.1 Å². The van der Waals surface area contributed by atoms with Gasteiger partial charge in [-0.3, -0.25) is 4.79 Å². The van der Waals surface area contributed by atoms with Gasteiger partial charge >= 0.3 is 6.09 Å². The number of nitrogens with one attached hydrogen (secondary N) is 1. The largest absolute Gasteiger partial charge is 0.452 e. The summed E-state index contributed by atoms with van der Waals surface area (Å²) in [7, 11) is 3.12. The molecule has 0 unspecified atom stereocenters. The molecule has 5 nitrogen and oxygen atoms in total. The van der Waals surface area contributed by atoms with E-state index in [9.17, 15) is 9.59 Å². The molecule has 1 N–H and O–H groups in total. The lowest BCUT2D eigenvalue weighted by Gasteiger charge is -2.26. The molecule has 0 saturated carbocycles. The molecule has 1 aromatic carbocycles. The zero-order chi connectivity index (χ0) is 13.1. The Balaban J connectivity index is 2.43. The highest BCUT2D eigenvalue weighted by atomic mass is 32.2. The van der Waals surface area contributed by atoms with Gasteiger partial charge in [0.2, 0.25) is 5.91 Å². The molecule has 6 heteroatoms. The van der Waals surface area contributed by atoms with E-state index in [1.54, 1.807) is 0 Å². The fourth-order valence-electron chi connectivity index (χ4n) is 1.80. The van der Waals surface area contributed by atoms with Gasteiger partial charge in [0, 0.05) is 11.4 Å². The number of fused-ring (bicyclic) bond motifs is 1.